The first-order valence-corrected chi connectivity index (χ1v) is 8.46. The standard InChI is InChI=1S/C17H17FN2O5S/c1-9(15(22)20-16-13(14(19)21)7-8-26-16)25-17(23)10(2)24-12-5-3-11(18)4-6-12/h3-10H,1-2H3,(H2,19,21)(H,20,22)/t9-,10-/m0/s1. The van der Waals surface area contributed by atoms with Crippen molar-refractivity contribution in [2.45, 2.75) is 26.1 Å². The summed E-state index contributed by atoms with van der Waals surface area (Å²) in [5, 5.41) is 4.37. The minimum absolute atomic E-state index is 0.176. The number of carbonyl (C=O) groups is 3. The van der Waals surface area contributed by atoms with Gasteiger partial charge < -0.3 is 20.5 Å². The Labute approximate surface area is 152 Å². The van der Waals surface area contributed by atoms with Crippen LogP contribution in [0.25, 0.3) is 0 Å². The number of halogens is 1. The molecule has 7 nitrogen and oxygen atoms in total. The monoisotopic (exact) mass is 380 g/mol. The molecular weight excluding hydrogens is 363 g/mol. The molecule has 1 aromatic carbocycles. The maximum absolute atomic E-state index is 12.9. The van der Waals surface area contributed by atoms with E-state index in [-0.39, 0.29) is 16.3 Å². The second kappa shape index (κ2) is 8.43. The number of hydrogen-bond acceptors (Lipinski definition) is 6. The van der Waals surface area contributed by atoms with E-state index in [1.165, 1.54) is 44.2 Å². The van der Waals surface area contributed by atoms with Crippen molar-refractivity contribution in [1.29, 1.82) is 0 Å². The van der Waals surface area contributed by atoms with Crippen molar-refractivity contribution in [1.82, 2.24) is 0 Å². The molecule has 0 fully saturated rings. The molecule has 9 heteroatoms. The van der Waals surface area contributed by atoms with E-state index in [2.05, 4.69) is 5.32 Å². The lowest BCUT2D eigenvalue weighted by Crippen LogP contribution is -2.35. The molecule has 0 spiro atoms. The van der Waals surface area contributed by atoms with Gasteiger partial charge in [-0.1, -0.05) is 0 Å². The van der Waals surface area contributed by atoms with Crippen LogP contribution >= 0.6 is 11.3 Å². The number of amides is 2. The Morgan fingerprint density at radius 1 is 1.12 bits per heavy atom. The number of ether oxygens (including phenoxy) is 2. The Hall–Kier alpha value is -2.94. The van der Waals surface area contributed by atoms with Gasteiger partial charge in [0.2, 0.25) is 0 Å². The minimum Gasteiger partial charge on any atom is -0.479 e. The lowest BCUT2D eigenvalue weighted by atomic mass is 10.3. The predicted octanol–water partition coefficient (Wildman–Crippen LogP) is 2.32. The zero-order chi connectivity index (χ0) is 19.3. The molecule has 3 N–H and O–H groups in total. The van der Waals surface area contributed by atoms with Gasteiger partial charge >= 0.3 is 5.97 Å². The highest BCUT2D eigenvalue weighted by molar-refractivity contribution is 7.14. The van der Waals surface area contributed by atoms with Crippen molar-refractivity contribution in [3.8, 4) is 5.75 Å². The molecule has 0 saturated heterocycles. The topological polar surface area (TPSA) is 108 Å². The number of nitrogens with two attached hydrogens (primary N) is 1. The molecular formula is C17H17FN2O5S. The van der Waals surface area contributed by atoms with E-state index in [9.17, 15) is 18.8 Å². The summed E-state index contributed by atoms with van der Waals surface area (Å²) in [6, 6.07) is 6.62. The lowest BCUT2D eigenvalue weighted by molar-refractivity contribution is -0.159. The quantitative estimate of drug-likeness (QED) is 0.717. The fourth-order valence-electron chi connectivity index (χ4n) is 1.90. The highest BCUT2D eigenvalue weighted by Crippen LogP contribution is 2.23. The Kier molecular flexibility index (Phi) is 6.29. The van der Waals surface area contributed by atoms with E-state index >= 15 is 0 Å². The smallest absolute Gasteiger partial charge is 0.347 e. The average molecular weight is 380 g/mol. The van der Waals surface area contributed by atoms with Gasteiger partial charge in [-0.2, -0.15) is 0 Å². The number of nitrogens with one attached hydrogen (secondary N) is 1. The Bertz CT molecular complexity index is 806. The van der Waals surface area contributed by atoms with Crippen LogP contribution in [0.5, 0.6) is 5.75 Å². The molecule has 2 amide bonds. The Morgan fingerprint density at radius 2 is 1.77 bits per heavy atom. The summed E-state index contributed by atoms with van der Waals surface area (Å²) in [6.45, 7) is 2.83. The Balaban J connectivity index is 1.90. The first-order valence-electron chi connectivity index (χ1n) is 7.58. The number of hydrogen-bond donors (Lipinski definition) is 2. The van der Waals surface area contributed by atoms with E-state index in [0.29, 0.717) is 0 Å². The first kappa shape index (κ1) is 19.4. The molecule has 1 aromatic heterocycles. The van der Waals surface area contributed by atoms with E-state index in [0.717, 1.165) is 11.3 Å². The van der Waals surface area contributed by atoms with Crippen molar-refractivity contribution in [3.05, 3.63) is 47.1 Å². The second-order valence-corrected chi connectivity index (χ2v) is 6.23. The molecule has 0 aliphatic rings. The van der Waals surface area contributed by atoms with Crippen LogP contribution < -0.4 is 15.8 Å². The van der Waals surface area contributed by atoms with Crippen molar-refractivity contribution in [3.63, 3.8) is 0 Å². The van der Waals surface area contributed by atoms with Gasteiger partial charge in [0, 0.05) is 0 Å². The molecule has 0 aliphatic heterocycles. The fraction of sp³-hybridized carbons (Fsp3) is 0.235. The largest absolute Gasteiger partial charge is 0.479 e. The van der Waals surface area contributed by atoms with E-state index in [4.69, 9.17) is 15.2 Å². The van der Waals surface area contributed by atoms with Gasteiger partial charge in [0.05, 0.1) is 5.56 Å². The maximum atomic E-state index is 12.9. The number of thiophene rings is 1. The van der Waals surface area contributed by atoms with Gasteiger partial charge in [-0.25, -0.2) is 9.18 Å². The molecule has 0 bridgehead atoms. The van der Waals surface area contributed by atoms with Gasteiger partial charge in [0.15, 0.2) is 12.2 Å². The molecule has 2 aromatic rings. The van der Waals surface area contributed by atoms with Gasteiger partial charge in [-0.05, 0) is 49.6 Å². The second-order valence-electron chi connectivity index (χ2n) is 5.31. The summed E-state index contributed by atoms with van der Waals surface area (Å²) in [6.07, 6.45) is -2.12. The van der Waals surface area contributed by atoms with Gasteiger partial charge in [0.1, 0.15) is 16.6 Å². The van der Waals surface area contributed by atoms with E-state index < -0.39 is 35.8 Å². The van der Waals surface area contributed by atoms with Gasteiger partial charge in [-0.3, -0.25) is 9.59 Å². The van der Waals surface area contributed by atoms with Crippen LogP contribution in [-0.2, 0) is 14.3 Å². The van der Waals surface area contributed by atoms with Crippen molar-refractivity contribution in [2.75, 3.05) is 5.32 Å². The summed E-state index contributed by atoms with van der Waals surface area (Å²) in [7, 11) is 0. The van der Waals surface area contributed by atoms with Crippen molar-refractivity contribution in [2.24, 2.45) is 5.73 Å². The van der Waals surface area contributed by atoms with Crippen LogP contribution in [0.4, 0.5) is 9.39 Å². The third-order valence-electron chi connectivity index (χ3n) is 3.29. The molecule has 138 valence electrons. The number of carbonyl (C=O) groups excluding carboxylic acids is 3. The summed E-state index contributed by atoms with van der Waals surface area (Å²) < 4.78 is 23.3. The van der Waals surface area contributed by atoms with Gasteiger partial charge in [0.25, 0.3) is 11.8 Å². The zero-order valence-corrected chi connectivity index (χ0v) is 14.8. The predicted molar refractivity (Wildman–Crippen MR) is 93.5 cm³/mol. The van der Waals surface area contributed by atoms with Crippen LogP contribution in [0.15, 0.2) is 35.7 Å². The lowest BCUT2D eigenvalue weighted by Gasteiger charge is -2.17. The van der Waals surface area contributed by atoms with Crippen LogP contribution in [-0.4, -0.2) is 30.0 Å². The van der Waals surface area contributed by atoms with Crippen LogP contribution in [0.1, 0.15) is 24.2 Å². The summed E-state index contributed by atoms with van der Waals surface area (Å²) in [4.78, 5) is 35.4. The molecule has 0 radical (unpaired) electrons. The molecule has 26 heavy (non-hydrogen) atoms. The zero-order valence-electron chi connectivity index (χ0n) is 14.0. The SMILES string of the molecule is C[C@H](OC(=O)[C@H](C)Oc1ccc(F)cc1)C(=O)Nc1sccc1C(N)=O. The summed E-state index contributed by atoms with van der Waals surface area (Å²) in [5.41, 5.74) is 5.38. The molecule has 2 rings (SSSR count). The minimum atomic E-state index is -1.12. The number of benzene rings is 1. The van der Waals surface area contributed by atoms with Gasteiger partial charge in [-0.15, -0.1) is 11.3 Å². The maximum Gasteiger partial charge on any atom is 0.347 e. The van der Waals surface area contributed by atoms with Crippen molar-refractivity contribution >= 4 is 34.1 Å². The third-order valence-corrected chi connectivity index (χ3v) is 4.12. The van der Waals surface area contributed by atoms with Crippen LogP contribution in [0.3, 0.4) is 0 Å². The highest BCUT2D eigenvalue weighted by Gasteiger charge is 2.24. The third kappa shape index (κ3) is 5.03. The molecule has 2 atom stereocenters. The first-order chi connectivity index (χ1) is 12.3. The van der Waals surface area contributed by atoms with E-state index in [1.807, 2.05) is 0 Å². The molecule has 0 unspecified atom stereocenters. The molecule has 0 aliphatic carbocycles. The highest BCUT2D eigenvalue weighted by atomic mass is 32.1. The van der Waals surface area contributed by atoms with Crippen molar-refractivity contribution < 1.29 is 28.2 Å². The van der Waals surface area contributed by atoms with Crippen LogP contribution in [0, 0.1) is 5.82 Å². The molecule has 1 heterocycles. The fourth-order valence-corrected chi connectivity index (χ4v) is 2.70. The number of rotatable bonds is 7. The molecule has 0 saturated carbocycles. The summed E-state index contributed by atoms with van der Waals surface area (Å²) >= 11 is 1.12. The number of anilines is 1. The number of primary amides is 1. The summed E-state index contributed by atoms with van der Waals surface area (Å²) in [5.74, 6) is -2.19. The van der Waals surface area contributed by atoms with E-state index in [1.54, 1.807) is 5.38 Å². The van der Waals surface area contributed by atoms with Crippen LogP contribution in [0.2, 0.25) is 0 Å². The average Bonchev–Trinajstić information content (AvgIpc) is 3.05. The normalized spacial score (nSPS) is 12.7. The Morgan fingerprint density at radius 3 is 2.38 bits per heavy atom. The number of esters is 1.